The lowest BCUT2D eigenvalue weighted by molar-refractivity contribution is 0.0191. The topological polar surface area (TPSA) is 69.4 Å². The van der Waals surface area contributed by atoms with Crippen LogP contribution in [0.5, 0.6) is 0 Å². The summed E-state index contributed by atoms with van der Waals surface area (Å²) in [6.07, 6.45) is -0.343. The summed E-state index contributed by atoms with van der Waals surface area (Å²) < 4.78 is 27.0. The SMILES string of the molecule is CC(C)O[C@H](C)[C@H](C)S(N)(=O)=O. The molecule has 0 heterocycles. The van der Waals surface area contributed by atoms with E-state index in [4.69, 9.17) is 9.88 Å². The van der Waals surface area contributed by atoms with Gasteiger partial charge < -0.3 is 4.74 Å². The van der Waals surface area contributed by atoms with E-state index in [0.29, 0.717) is 0 Å². The summed E-state index contributed by atoms with van der Waals surface area (Å²) in [6, 6.07) is 0. The minimum absolute atomic E-state index is 0.0178. The summed E-state index contributed by atoms with van der Waals surface area (Å²) in [5.74, 6) is 0. The lowest BCUT2D eigenvalue weighted by atomic mass is 10.3. The van der Waals surface area contributed by atoms with Gasteiger partial charge in [-0.15, -0.1) is 0 Å². The number of nitrogens with two attached hydrogens (primary N) is 1. The minimum atomic E-state index is -3.47. The number of primary sulfonamides is 1. The first kappa shape index (κ1) is 11.9. The predicted octanol–water partition coefficient (Wildman–Crippen LogP) is 0.477. The number of ether oxygens (including phenoxy) is 1. The van der Waals surface area contributed by atoms with Gasteiger partial charge in [0.15, 0.2) is 0 Å². The van der Waals surface area contributed by atoms with Crippen LogP contribution in [0.3, 0.4) is 0 Å². The van der Waals surface area contributed by atoms with Crippen molar-refractivity contribution < 1.29 is 13.2 Å². The van der Waals surface area contributed by atoms with Gasteiger partial charge in [0.2, 0.25) is 10.0 Å². The van der Waals surface area contributed by atoms with Gasteiger partial charge in [-0.3, -0.25) is 0 Å². The molecule has 0 saturated heterocycles. The van der Waals surface area contributed by atoms with Crippen molar-refractivity contribution in [3.05, 3.63) is 0 Å². The zero-order chi connectivity index (χ0) is 9.94. The van der Waals surface area contributed by atoms with E-state index in [1.165, 1.54) is 0 Å². The smallest absolute Gasteiger partial charge is 0.214 e. The fourth-order valence-electron chi connectivity index (χ4n) is 0.807. The molecule has 0 amide bonds. The second kappa shape index (κ2) is 4.20. The van der Waals surface area contributed by atoms with Crippen molar-refractivity contribution in [2.24, 2.45) is 5.14 Å². The highest BCUT2D eigenvalue weighted by molar-refractivity contribution is 7.89. The Morgan fingerprint density at radius 1 is 1.17 bits per heavy atom. The van der Waals surface area contributed by atoms with Crippen molar-refractivity contribution in [2.45, 2.75) is 45.2 Å². The molecule has 0 radical (unpaired) electrons. The second-order valence-electron chi connectivity index (χ2n) is 3.18. The number of rotatable bonds is 4. The van der Waals surface area contributed by atoms with Crippen LogP contribution in [-0.4, -0.2) is 25.9 Å². The predicted molar refractivity (Wildman–Crippen MR) is 48.3 cm³/mol. The average Bonchev–Trinajstić information content (AvgIpc) is 1.82. The van der Waals surface area contributed by atoms with Crippen molar-refractivity contribution in [3.63, 3.8) is 0 Å². The van der Waals surface area contributed by atoms with Crippen LogP contribution in [-0.2, 0) is 14.8 Å². The highest BCUT2D eigenvalue weighted by atomic mass is 32.2. The molecule has 74 valence electrons. The maximum atomic E-state index is 10.9. The Balaban J connectivity index is 4.21. The van der Waals surface area contributed by atoms with Crippen molar-refractivity contribution in [3.8, 4) is 0 Å². The molecule has 0 unspecified atom stereocenters. The third kappa shape index (κ3) is 4.04. The molecule has 2 N–H and O–H groups in total. The normalized spacial score (nSPS) is 17.8. The van der Waals surface area contributed by atoms with Gasteiger partial charge in [0.25, 0.3) is 0 Å². The maximum absolute atomic E-state index is 10.9. The van der Waals surface area contributed by atoms with E-state index in [2.05, 4.69) is 0 Å². The Kier molecular flexibility index (Phi) is 4.16. The van der Waals surface area contributed by atoms with Gasteiger partial charge >= 0.3 is 0 Å². The fraction of sp³-hybridized carbons (Fsp3) is 1.00. The molecule has 0 rings (SSSR count). The summed E-state index contributed by atoms with van der Waals surface area (Å²) in [7, 11) is -3.47. The second-order valence-corrected chi connectivity index (χ2v) is 5.11. The molecule has 5 heteroatoms. The van der Waals surface area contributed by atoms with E-state index in [9.17, 15) is 8.42 Å². The zero-order valence-electron chi connectivity index (χ0n) is 7.94. The Morgan fingerprint density at radius 3 is 1.83 bits per heavy atom. The first-order chi connectivity index (χ1) is 5.25. The Morgan fingerprint density at radius 2 is 1.58 bits per heavy atom. The van der Waals surface area contributed by atoms with Crippen molar-refractivity contribution in [1.29, 1.82) is 0 Å². The van der Waals surface area contributed by atoms with Crippen LogP contribution < -0.4 is 5.14 Å². The van der Waals surface area contributed by atoms with E-state index >= 15 is 0 Å². The molecular formula is C7H17NO3S. The molecule has 0 spiro atoms. The van der Waals surface area contributed by atoms with Crippen LogP contribution in [0.1, 0.15) is 27.7 Å². The van der Waals surface area contributed by atoms with Gasteiger partial charge in [0.05, 0.1) is 17.5 Å². The molecule has 0 aliphatic carbocycles. The highest BCUT2D eigenvalue weighted by Crippen LogP contribution is 2.07. The first-order valence-corrected chi connectivity index (χ1v) is 5.53. The van der Waals surface area contributed by atoms with Gasteiger partial charge in [-0.2, -0.15) is 0 Å². The molecule has 0 saturated carbocycles. The lowest BCUT2D eigenvalue weighted by Crippen LogP contribution is -2.37. The lowest BCUT2D eigenvalue weighted by Gasteiger charge is -2.20. The minimum Gasteiger partial charge on any atom is -0.374 e. The molecule has 0 aliphatic rings. The van der Waals surface area contributed by atoms with Crippen LogP contribution in [0, 0.1) is 0 Å². The van der Waals surface area contributed by atoms with Crippen LogP contribution in [0.15, 0.2) is 0 Å². The summed E-state index contributed by atoms with van der Waals surface area (Å²) >= 11 is 0. The molecule has 0 aromatic rings. The van der Waals surface area contributed by atoms with Crippen LogP contribution in [0.25, 0.3) is 0 Å². The van der Waals surface area contributed by atoms with Crippen molar-refractivity contribution in [1.82, 2.24) is 0 Å². The molecule has 0 aliphatic heterocycles. The summed E-state index contributed by atoms with van der Waals surface area (Å²) in [5, 5.41) is 4.29. The molecule has 0 bridgehead atoms. The quantitative estimate of drug-likeness (QED) is 0.709. The van der Waals surface area contributed by atoms with Crippen LogP contribution >= 0.6 is 0 Å². The van der Waals surface area contributed by atoms with Gasteiger partial charge in [-0.1, -0.05) is 0 Å². The summed E-state index contributed by atoms with van der Waals surface area (Å²) in [6.45, 7) is 6.95. The van der Waals surface area contributed by atoms with Crippen molar-refractivity contribution >= 4 is 10.0 Å². The molecule has 0 aromatic carbocycles. The summed E-state index contributed by atoms with van der Waals surface area (Å²) in [5.41, 5.74) is 0. The van der Waals surface area contributed by atoms with E-state index in [0.717, 1.165) is 0 Å². The average molecular weight is 195 g/mol. The summed E-state index contributed by atoms with van der Waals surface area (Å²) in [4.78, 5) is 0. The van der Waals surface area contributed by atoms with E-state index < -0.39 is 15.3 Å². The fourth-order valence-corrected chi connectivity index (χ4v) is 1.41. The number of hydrogen-bond acceptors (Lipinski definition) is 3. The maximum Gasteiger partial charge on any atom is 0.214 e. The third-order valence-corrected chi connectivity index (χ3v) is 3.09. The van der Waals surface area contributed by atoms with E-state index in [1.807, 2.05) is 13.8 Å². The van der Waals surface area contributed by atoms with Gasteiger partial charge in [0, 0.05) is 0 Å². The van der Waals surface area contributed by atoms with Gasteiger partial charge in [-0.25, -0.2) is 13.6 Å². The molecule has 0 aromatic heterocycles. The van der Waals surface area contributed by atoms with Gasteiger partial charge in [0.1, 0.15) is 0 Å². The Bertz CT molecular complexity index is 223. The Hall–Kier alpha value is -0.130. The highest BCUT2D eigenvalue weighted by Gasteiger charge is 2.23. The number of hydrogen-bond donors (Lipinski definition) is 1. The van der Waals surface area contributed by atoms with Crippen molar-refractivity contribution in [2.75, 3.05) is 0 Å². The Labute approximate surface area is 74.1 Å². The van der Waals surface area contributed by atoms with E-state index in [-0.39, 0.29) is 12.2 Å². The molecule has 12 heavy (non-hydrogen) atoms. The number of sulfonamides is 1. The van der Waals surface area contributed by atoms with Gasteiger partial charge in [-0.05, 0) is 27.7 Å². The third-order valence-electron chi connectivity index (χ3n) is 1.67. The van der Waals surface area contributed by atoms with E-state index in [1.54, 1.807) is 13.8 Å². The largest absolute Gasteiger partial charge is 0.374 e. The monoisotopic (exact) mass is 195 g/mol. The first-order valence-electron chi connectivity index (χ1n) is 3.92. The standard InChI is InChI=1S/C7H17NO3S/c1-5(2)11-6(3)7(4)12(8,9)10/h5-7H,1-4H3,(H2,8,9,10)/t6-,7+/m1/s1. The molecule has 0 fully saturated rings. The molecule has 4 nitrogen and oxygen atoms in total. The van der Waals surface area contributed by atoms with Crippen LogP contribution in [0.4, 0.5) is 0 Å². The molecule has 2 atom stereocenters. The van der Waals surface area contributed by atoms with Crippen LogP contribution in [0.2, 0.25) is 0 Å². The molecular weight excluding hydrogens is 178 g/mol. The zero-order valence-corrected chi connectivity index (χ0v) is 8.76.